The second-order valence-corrected chi connectivity index (χ2v) is 6.31. The molecule has 0 bridgehead atoms. The van der Waals surface area contributed by atoms with Crippen LogP contribution < -0.4 is 10.2 Å². The highest BCUT2D eigenvalue weighted by molar-refractivity contribution is 5.40. The Morgan fingerprint density at radius 3 is 2.61 bits per heavy atom. The molecule has 0 amide bonds. The number of hydrogen-bond acceptors (Lipinski definition) is 5. The molecular formula is C17H25N5O. The van der Waals surface area contributed by atoms with E-state index in [1.807, 2.05) is 19.3 Å². The van der Waals surface area contributed by atoms with Crippen LogP contribution in [0, 0.1) is 6.92 Å². The molecule has 0 spiro atoms. The minimum atomic E-state index is 0.250. The summed E-state index contributed by atoms with van der Waals surface area (Å²) in [6.45, 7) is 9.65. The van der Waals surface area contributed by atoms with Crippen molar-refractivity contribution in [2.75, 3.05) is 18.0 Å². The molecule has 1 saturated heterocycles. The van der Waals surface area contributed by atoms with E-state index < -0.39 is 0 Å². The zero-order valence-corrected chi connectivity index (χ0v) is 14.0. The number of hydrogen-bond donors (Lipinski definition) is 2. The molecule has 1 aliphatic rings. The molecule has 0 aromatic carbocycles. The number of aryl methyl sites for hydroxylation is 1. The van der Waals surface area contributed by atoms with Crippen LogP contribution in [0.25, 0.3) is 0 Å². The molecule has 0 aliphatic carbocycles. The van der Waals surface area contributed by atoms with E-state index >= 15 is 0 Å². The lowest BCUT2D eigenvalue weighted by molar-refractivity contribution is -0.00545. The predicted octanol–water partition coefficient (Wildman–Crippen LogP) is 2.02. The van der Waals surface area contributed by atoms with Crippen molar-refractivity contribution >= 4 is 5.82 Å². The third kappa shape index (κ3) is 4.09. The van der Waals surface area contributed by atoms with Crippen LogP contribution in [0.1, 0.15) is 30.7 Å². The third-order valence-corrected chi connectivity index (χ3v) is 4.13. The van der Waals surface area contributed by atoms with Gasteiger partial charge in [0.15, 0.2) is 0 Å². The Labute approximate surface area is 137 Å². The van der Waals surface area contributed by atoms with Gasteiger partial charge >= 0.3 is 0 Å². The SMILES string of the molecule is Cc1[nH]ncc1CNCc1ccc(N2C[C@@H](C)O[C@@H](C)C2)nc1. The molecule has 2 aromatic heterocycles. The Kier molecular flexibility index (Phi) is 4.93. The Morgan fingerprint density at radius 1 is 1.22 bits per heavy atom. The van der Waals surface area contributed by atoms with E-state index in [1.54, 1.807) is 0 Å². The Bertz CT molecular complexity index is 614. The second kappa shape index (κ2) is 7.10. The van der Waals surface area contributed by atoms with Gasteiger partial charge in [0, 0.05) is 43.6 Å². The average molecular weight is 315 g/mol. The van der Waals surface area contributed by atoms with Crippen LogP contribution in [0.4, 0.5) is 5.82 Å². The Morgan fingerprint density at radius 2 is 2.00 bits per heavy atom. The lowest BCUT2D eigenvalue weighted by atomic mass is 10.2. The van der Waals surface area contributed by atoms with Crippen LogP contribution in [0.5, 0.6) is 0 Å². The Hall–Kier alpha value is -1.92. The van der Waals surface area contributed by atoms with Crippen molar-refractivity contribution in [3.05, 3.63) is 41.3 Å². The van der Waals surface area contributed by atoms with E-state index in [4.69, 9.17) is 4.74 Å². The molecule has 124 valence electrons. The highest BCUT2D eigenvalue weighted by Gasteiger charge is 2.22. The summed E-state index contributed by atoms with van der Waals surface area (Å²) in [5.74, 6) is 1.03. The maximum Gasteiger partial charge on any atom is 0.128 e. The number of ether oxygens (including phenoxy) is 1. The van der Waals surface area contributed by atoms with Gasteiger partial charge in [0.25, 0.3) is 0 Å². The predicted molar refractivity (Wildman–Crippen MR) is 90.3 cm³/mol. The largest absolute Gasteiger partial charge is 0.372 e. The van der Waals surface area contributed by atoms with Crippen LogP contribution in [-0.2, 0) is 17.8 Å². The van der Waals surface area contributed by atoms with E-state index in [0.29, 0.717) is 0 Å². The lowest BCUT2D eigenvalue weighted by Crippen LogP contribution is -2.45. The summed E-state index contributed by atoms with van der Waals surface area (Å²) in [6, 6.07) is 4.24. The minimum Gasteiger partial charge on any atom is -0.372 e. The van der Waals surface area contributed by atoms with Gasteiger partial charge in [-0.3, -0.25) is 5.10 Å². The fourth-order valence-electron chi connectivity index (χ4n) is 2.97. The van der Waals surface area contributed by atoms with Crippen molar-refractivity contribution in [1.82, 2.24) is 20.5 Å². The van der Waals surface area contributed by atoms with E-state index in [2.05, 4.69) is 51.4 Å². The van der Waals surface area contributed by atoms with Gasteiger partial charge in [-0.05, 0) is 32.4 Å². The number of aromatic amines is 1. The summed E-state index contributed by atoms with van der Waals surface area (Å²) < 4.78 is 5.77. The summed E-state index contributed by atoms with van der Waals surface area (Å²) >= 11 is 0. The lowest BCUT2D eigenvalue weighted by Gasteiger charge is -2.36. The number of pyridine rings is 1. The van der Waals surface area contributed by atoms with E-state index in [1.165, 1.54) is 11.1 Å². The topological polar surface area (TPSA) is 66.1 Å². The standard InChI is InChI=1S/C17H25N5O/c1-12-10-22(11-13(2)23-12)17-5-4-15(7-19-17)6-18-8-16-9-20-21-14(16)3/h4-5,7,9,12-13,18H,6,8,10-11H2,1-3H3,(H,20,21)/t12-,13+. The van der Waals surface area contributed by atoms with Gasteiger partial charge in [-0.15, -0.1) is 0 Å². The van der Waals surface area contributed by atoms with Crippen LogP contribution >= 0.6 is 0 Å². The van der Waals surface area contributed by atoms with Gasteiger partial charge in [-0.2, -0.15) is 5.10 Å². The monoisotopic (exact) mass is 315 g/mol. The van der Waals surface area contributed by atoms with Crippen molar-refractivity contribution in [2.45, 2.75) is 46.1 Å². The number of H-pyrrole nitrogens is 1. The maximum absolute atomic E-state index is 5.77. The molecular weight excluding hydrogens is 290 g/mol. The first-order chi connectivity index (χ1) is 11.1. The average Bonchev–Trinajstić information content (AvgIpc) is 2.92. The van der Waals surface area contributed by atoms with E-state index in [9.17, 15) is 0 Å². The number of nitrogens with one attached hydrogen (secondary N) is 2. The molecule has 6 nitrogen and oxygen atoms in total. The van der Waals surface area contributed by atoms with Gasteiger partial charge in [0.1, 0.15) is 5.82 Å². The first-order valence-electron chi connectivity index (χ1n) is 8.16. The number of anilines is 1. The molecule has 6 heteroatoms. The van der Waals surface area contributed by atoms with Crippen molar-refractivity contribution in [1.29, 1.82) is 0 Å². The van der Waals surface area contributed by atoms with Gasteiger partial charge in [-0.25, -0.2) is 4.98 Å². The Balaban J connectivity index is 1.53. The molecule has 3 rings (SSSR count). The molecule has 23 heavy (non-hydrogen) atoms. The van der Waals surface area contributed by atoms with Gasteiger partial charge in [0.05, 0.1) is 18.4 Å². The summed E-state index contributed by atoms with van der Waals surface area (Å²) in [4.78, 5) is 6.91. The summed E-state index contributed by atoms with van der Waals surface area (Å²) in [5.41, 5.74) is 3.50. The van der Waals surface area contributed by atoms with Crippen molar-refractivity contribution in [3.63, 3.8) is 0 Å². The number of nitrogens with zero attached hydrogens (tertiary/aromatic N) is 3. The van der Waals surface area contributed by atoms with Crippen molar-refractivity contribution < 1.29 is 4.74 Å². The number of aromatic nitrogens is 3. The van der Waals surface area contributed by atoms with Crippen molar-refractivity contribution in [2.24, 2.45) is 0 Å². The van der Waals surface area contributed by atoms with Crippen LogP contribution in [0.2, 0.25) is 0 Å². The van der Waals surface area contributed by atoms with Gasteiger partial charge < -0.3 is 15.0 Å². The van der Waals surface area contributed by atoms with Gasteiger partial charge in [-0.1, -0.05) is 6.07 Å². The first kappa shape index (κ1) is 16.0. The molecule has 0 radical (unpaired) electrons. The quantitative estimate of drug-likeness (QED) is 0.883. The zero-order valence-electron chi connectivity index (χ0n) is 14.0. The summed E-state index contributed by atoms with van der Waals surface area (Å²) in [6.07, 6.45) is 4.32. The minimum absolute atomic E-state index is 0.250. The fraction of sp³-hybridized carbons (Fsp3) is 0.529. The molecule has 1 aliphatic heterocycles. The number of morpholine rings is 1. The van der Waals surface area contributed by atoms with Gasteiger partial charge in [0.2, 0.25) is 0 Å². The first-order valence-corrected chi connectivity index (χ1v) is 8.16. The van der Waals surface area contributed by atoms with E-state index in [-0.39, 0.29) is 12.2 Å². The summed E-state index contributed by atoms with van der Waals surface area (Å²) in [5, 5.41) is 10.4. The molecule has 0 unspecified atom stereocenters. The van der Waals surface area contributed by atoms with Crippen LogP contribution in [-0.4, -0.2) is 40.5 Å². The molecule has 2 atom stereocenters. The van der Waals surface area contributed by atoms with Crippen LogP contribution in [0.3, 0.4) is 0 Å². The smallest absolute Gasteiger partial charge is 0.128 e. The zero-order chi connectivity index (χ0) is 16.2. The maximum atomic E-state index is 5.77. The normalized spacial score (nSPS) is 21.6. The molecule has 0 saturated carbocycles. The number of rotatable bonds is 5. The fourth-order valence-corrected chi connectivity index (χ4v) is 2.97. The van der Waals surface area contributed by atoms with Crippen molar-refractivity contribution in [3.8, 4) is 0 Å². The second-order valence-electron chi connectivity index (χ2n) is 6.31. The highest BCUT2D eigenvalue weighted by atomic mass is 16.5. The van der Waals surface area contributed by atoms with E-state index in [0.717, 1.165) is 37.7 Å². The molecule has 2 aromatic rings. The summed E-state index contributed by atoms with van der Waals surface area (Å²) in [7, 11) is 0. The highest BCUT2D eigenvalue weighted by Crippen LogP contribution is 2.18. The molecule has 1 fully saturated rings. The molecule has 2 N–H and O–H groups in total. The third-order valence-electron chi connectivity index (χ3n) is 4.13. The molecule has 3 heterocycles. The van der Waals surface area contributed by atoms with Crippen LogP contribution in [0.15, 0.2) is 24.5 Å².